The second-order valence-electron chi connectivity index (χ2n) is 6.57. The van der Waals surface area contributed by atoms with Crippen LogP contribution in [-0.4, -0.2) is 22.3 Å². The predicted octanol–water partition coefficient (Wildman–Crippen LogP) is 4.72. The van der Waals surface area contributed by atoms with Gasteiger partial charge in [-0.05, 0) is 61.6 Å². The van der Waals surface area contributed by atoms with Gasteiger partial charge in [-0.25, -0.2) is 4.68 Å². The minimum absolute atomic E-state index is 0. The van der Waals surface area contributed by atoms with E-state index in [4.69, 9.17) is 5.73 Å². The molecule has 0 aliphatic rings. The van der Waals surface area contributed by atoms with Gasteiger partial charge in [0, 0.05) is 18.4 Å². The SMILES string of the molecule is CCc1cccc(NC(N)=NCCCc2cn(-c3ccccc3)nc2C)c1.I. The van der Waals surface area contributed by atoms with E-state index < -0.39 is 0 Å². The molecule has 0 bridgehead atoms. The van der Waals surface area contributed by atoms with Crippen molar-refractivity contribution in [2.24, 2.45) is 10.7 Å². The Balaban J connectivity index is 0.00000280. The van der Waals surface area contributed by atoms with Gasteiger partial charge in [0.15, 0.2) is 5.96 Å². The Morgan fingerprint density at radius 3 is 2.68 bits per heavy atom. The van der Waals surface area contributed by atoms with Crippen molar-refractivity contribution in [1.29, 1.82) is 0 Å². The maximum absolute atomic E-state index is 6.01. The third-order valence-corrected chi connectivity index (χ3v) is 4.52. The van der Waals surface area contributed by atoms with Gasteiger partial charge in [-0.2, -0.15) is 5.10 Å². The summed E-state index contributed by atoms with van der Waals surface area (Å²) in [6.07, 6.45) is 4.97. The van der Waals surface area contributed by atoms with E-state index in [1.165, 1.54) is 11.1 Å². The van der Waals surface area contributed by atoms with Crippen molar-refractivity contribution in [2.45, 2.75) is 33.1 Å². The Kier molecular flexibility index (Phi) is 8.50. The van der Waals surface area contributed by atoms with Gasteiger partial charge in [0.05, 0.1) is 11.4 Å². The van der Waals surface area contributed by atoms with Crippen LogP contribution in [0, 0.1) is 6.92 Å². The lowest BCUT2D eigenvalue weighted by molar-refractivity contribution is 0.827. The Labute approximate surface area is 184 Å². The Morgan fingerprint density at radius 2 is 1.93 bits per heavy atom. The molecule has 1 heterocycles. The quantitative estimate of drug-likeness (QED) is 0.219. The van der Waals surface area contributed by atoms with Gasteiger partial charge in [-0.15, -0.1) is 24.0 Å². The van der Waals surface area contributed by atoms with E-state index in [-0.39, 0.29) is 24.0 Å². The number of benzene rings is 2. The highest BCUT2D eigenvalue weighted by Gasteiger charge is 2.06. The number of nitrogens with one attached hydrogen (secondary N) is 1. The zero-order valence-electron chi connectivity index (χ0n) is 16.4. The molecule has 0 saturated heterocycles. The van der Waals surface area contributed by atoms with Crippen LogP contribution in [0.3, 0.4) is 0 Å². The number of halogens is 1. The second kappa shape index (κ2) is 10.8. The van der Waals surface area contributed by atoms with Crippen molar-refractivity contribution < 1.29 is 0 Å². The fourth-order valence-electron chi connectivity index (χ4n) is 2.98. The van der Waals surface area contributed by atoms with Crippen LogP contribution in [-0.2, 0) is 12.8 Å². The molecule has 6 heteroatoms. The second-order valence-corrected chi connectivity index (χ2v) is 6.57. The number of aryl methyl sites for hydroxylation is 3. The van der Waals surface area contributed by atoms with Crippen LogP contribution in [0.5, 0.6) is 0 Å². The first-order valence-electron chi connectivity index (χ1n) is 9.42. The average Bonchev–Trinajstić information content (AvgIpc) is 3.07. The Hall–Kier alpha value is -2.35. The summed E-state index contributed by atoms with van der Waals surface area (Å²) in [5.74, 6) is 0.458. The van der Waals surface area contributed by atoms with Crippen LogP contribution < -0.4 is 11.1 Å². The number of aliphatic imine (C=N–C) groups is 1. The highest BCUT2D eigenvalue weighted by Crippen LogP contribution is 2.14. The van der Waals surface area contributed by atoms with Crippen molar-refractivity contribution in [3.63, 3.8) is 0 Å². The third kappa shape index (κ3) is 6.09. The maximum Gasteiger partial charge on any atom is 0.193 e. The normalized spacial score (nSPS) is 11.1. The summed E-state index contributed by atoms with van der Waals surface area (Å²) < 4.78 is 1.94. The smallest absolute Gasteiger partial charge is 0.193 e. The molecular formula is C22H28IN5. The molecule has 1 aromatic heterocycles. The fraction of sp³-hybridized carbons (Fsp3) is 0.273. The molecule has 0 fully saturated rings. The molecule has 5 nitrogen and oxygen atoms in total. The molecule has 2 aromatic carbocycles. The van der Waals surface area contributed by atoms with Crippen LogP contribution in [0.2, 0.25) is 0 Å². The number of anilines is 1. The number of aromatic nitrogens is 2. The first kappa shape index (κ1) is 21.9. The van der Waals surface area contributed by atoms with Crippen molar-refractivity contribution in [3.8, 4) is 5.69 Å². The van der Waals surface area contributed by atoms with E-state index in [0.29, 0.717) is 12.5 Å². The molecule has 3 N–H and O–H groups in total. The number of guanidine groups is 1. The summed E-state index contributed by atoms with van der Waals surface area (Å²) in [7, 11) is 0. The highest BCUT2D eigenvalue weighted by molar-refractivity contribution is 14.0. The number of nitrogens with zero attached hydrogens (tertiary/aromatic N) is 3. The van der Waals surface area contributed by atoms with Gasteiger partial charge in [0.2, 0.25) is 0 Å². The predicted molar refractivity (Wildman–Crippen MR) is 128 cm³/mol. The van der Waals surface area contributed by atoms with Crippen molar-refractivity contribution in [2.75, 3.05) is 11.9 Å². The molecule has 3 rings (SSSR count). The molecule has 148 valence electrons. The van der Waals surface area contributed by atoms with Gasteiger partial charge in [-0.3, -0.25) is 4.99 Å². The molecule has 0 atom stereocenters. The van der Waals surface area contributed by atoms with E-state index in [1.54, 1.807) is 0 Å². The van der Waals surface area contributed by atoms with Crippen LogP contribution in [0.15, 0.2) is 65.8 Å². The Bertz CT molecular complexity index is 902. The molecular weight excluding hydrogens is 461 g/mol. The van der Waals surface area contributed by atoms with Gasteiger partial charge in [0.1, 0.15) is 0 Å². The number of rotatable bonds is 7. The van der Waals surface area contributed by atoms with Gasteiger partial charge < -0.3 is 11.1 Å². The summed E-state index contributed by atoms with van der Waals surface area (Å²) in [5.41, 5.74) is 11.7. The van der Waals surface area contributed by atoms with Gasteiger partial charge >= 0.3 is 0 Å². The molecule has 0 unspecified atom stereocenters. The molecule has 3 aromatic rings. The topological polar surface area (TPSA) is 68.2 Å². The molecule has 0 aliphatic carbocycles. The molecule has 28 heavy (non-hydrogen) atoms. The number of hydrogen-bond donors (Lipinski definition) is 2. The molecule has 0 amide bonds. The van der Waals surface area contributed by atoms with Gasteiger partial charge in [0.25, 0.3) is 0 Å². The van der Waals surface area contributed by atoms with E-state index in [2.05, 4.69) is 59.7 Å². The first-order valence-corrected chi connectivity index (χ1v) is 9.42. The minimum Gasteiger partial charge on any atom is -0.370 e. The largest absolute Gasteiger partial charge is 0.370 e. The monoisotopic (exact) mass is 489 g/mol. The van der Waals surface area contributed by atoms with Crippen LogP contribution >= 0.6 is 24.0 Å². The standard InChI is InChI=1S/C22H27N5.HI/c1-3-18-9-7-11-20(15-18)25-22(23)24-14-8-10-19-16-27(26-17(19)2)21-12-5-4-6-13-21;/h4-7,9,11-13,15-16H,3,8,10,14H2,1-2H3,(H3,23,24,25);1H. The summed E-state index contributed by atoms with van der Waals surface area (Å²) in [5, 5.41) is 7.77. The maximum atomic E-state index is 6.01. The lowest BCUT2D eigenvalue weighted by Crippen LogP contribution is -2.23. The summed E-state index contributed by atoms with van der Waals surface area (Å²) >= 11 is 0. The first-order chi connectivity index (χ1) is 13.2. The average molecular weight is 489 g/mol. The summed E-state index contributed by atoms with van der Waals surface area (Å²) in [6, 6.07) is 18.4. The Morgan fingerprint density at radius 1 is 1.14 bits per heavy atom. The van der Waals surface area contributed by atoms with E-state index >= 15 is 0 Å². The zero-order chi connectivity index (χ0) is 19.1. The van der Waals surface area contributed by atoms with Crippen molar-refractivity contribution in [1.82, 2.24) is 9.78 Å². The van der Waals surface area contributed by atoms with Crippen molar-refractivity contribution in [3.05, 3.63) is 77.6 Å². The lowest BCUT2D eigenvalue weighted by atomic mass is 10.1. The van der Waals surface area contributed by atoms with E-state index in [9.17, 15) is 0 Å². The zero-order valence-corrected chi connectivity index (χ0v) is 18.8. The number of hydrogen-bond acceptors (Lipinski definition) is 2. The molecule has 0 spiro atoms. The highest BCUT2D eigenvalue weighted by atomic mass is 127. The molecule has 0 saturated carbocycles. The van der Waals surface area contributed by atoms with Gasteiger partial charge in [-0.1, -0.05) is 37.3 Å². The summed E-state index contributed by atoms with van der Waals surface area (Å²) in [6.45, 7) is 4.87. The van der Waals surface area contributed by atoms with Crippen LogP contribution in [0.4, 0.5) is 5.69 Å². The third-order valence-electron chi connectivity index (χ3n) is 4.52. The molecule has 0 radical (unpaired) electrons. The summed E-state index contributed by atoms with van der Waals surface area (Å²) in [4.78, 5) is 4.44. The van der Waals surface area contributed by atoms with E-state index in [1.807, 2.05) is 35.0 Å². The lowest BCUT2D eigenvalue weighted by Gasteiger charge is -2.07. The number of para-hydroxylation sites is 1. The van der Waals surface area contributed by atoms with Crippen LogP contribution in [0.1, 0.15) is 30.2 Å². The minimum atomic E-state index is 0. The van der Waals surface area contributed by atoms with Crippen molar-refractivity contribution >= 4 is 35.6 Å². The van der Waals surface area contributed by atoms with E-state index in [0.717, 1.165) is 36.3 Å². The van der Waals surface area contributed by atoms with Crippen LogP contribution in [0.25, 0.3) is 5.69 Å². The molecule has 0 aliphatic heterocycles. The fourth-order valence-corrected chi connectivity index (χ4v) is 2.98. The number of nitrogens with two attached hydrogens (primary N) is 1.